The van der Waals surface area contributed by atoms with Crippen molar-refractivity contribution < 1.29 is 14.4 Å². The Morgan fingerprint density at radius 1 is 0.962 bits per heavy atom. The quantitative estimate of drug-likeness (QED) is 0.662. The third-order valence-corrected chi connectivity index (χ3v) is 5.31. The van der Waals surface area contributed by atoms with E-state index in [-0.39, 0.29) is 17.9 Å². The normalized spacial score (nSPS) is 18.9. The Balaban J connectivity index is 1.62. The second kappa shape index (κ2) is 8.83. The zero-order valence-corrected chi connectivity index (χ0v) is 15.2. The number of amides is 3. The molecule has 3 rings (SSSR count). The third kappa shape index (κ3) is 4.62. The standard InChI is InChI=1S/C20H27N3O3/c24-15-22-10-12-23(13-11-22)20(26)17-7-5-6-16(14-17)19(25)21-18-8-3-1-2-4-9-18/h5-7,14-15,18H,1-4,8-13H2,(H,21,25). The van der Waals surface area contributed by atoms with Gasteiger partial charge in [-0.1, -0.05) is 31.7 Å². The second-order valence-electron chi connectivity index (χ2n) is 7.18. The molecule has 0 atom stereocenters. The van der Waals surface area contributed by atoms with Crippen molar-refractivity contribution in [2.45, 2.75) is 44.6 Å². The van der Waals surface area contributed by atoms with Crippen LogP contribution in [0.25, 0.3) is 0 Å². The van der Waals surface area contributed by atoms with Gasteiger partial charge in [0.25, 0.3) is 11.8 Å². The van der Waals surface area contributed by atoms with Gasteiger partial charge in [-0.05, 0) is 31.0 Å². The third-order valence-electron chi connectivity index (χ3n) is 5.31. The van der Waals surface area contributed by atoms with E-state index >= 15 is 0 Å². The molecule has 1 heterocycles. The first-order valence-corrected chi connectivity index (χ1v) is 9.57. The molecule has 6 heteroatoms. The van der Waals surface area contributed by atoms with Gasteiger partial charge in [-0.15, -0.1) is 0 Å². The molecule has 0 aromatic heterocycles. The number of carbonyl (C=O) groups is 3. The molecule has 1 N–H and O–H groups in total. The lowest BCUT2D eigenvalue weighted by Crippen LogP contribution is -2.48. The highest BCUT2D eigenvalue weighted by Gasteiger charge is 2.22. The van der Waals surface area contributed by atoms with E-state index in [1.807, 2.05) is 0 Å². The van der Waals surface area contributed by atoms with Crippen LogP contribution in [-0.4, -0.2) is 60.2 Å². The summed E-state index contributed by atoms with van der Waals surface area (Å²) in [6.45, 7) is 2.15. The number of benzene rings is 1. The monoisotopic (exact) mass is 357 g/mol. The highest BCUT2D eigenvalue weighted by atomic mass is 16.2. The Morgan fingerprint density at radius 2 is 1.62 bits per heavy atom. The molecule has 26 heavy (non-hydrogen) atoms. The van der Waals surface area contributed by atoms with Crippen molar-refractivity contribution in [3.63, 3.8) is 0 Å². The molecule has 0 bridgehead atoms. The molecule has 1 saturated heterocycles. The number of hydrogen-bond donors (Lipinski definition) is 1. The maximum absolute atomic E-state index is 12.7. The summed E-state index contributed by atoms with van der Waals surface area (Å²) in [5.41, 5.74) is 1.06. The molecule has 6 nitrogen and oxygen atoms in total. The molecular formula is C20H27N3O3. The molecular weight excluding hydrogens is 330 g/mol. The Labute approximate surface area is 154 Å². The van der Waals surface area contributed by atoms with Gasteiger partial charge in [0.2, 0.25) is 6.41 Å². The van der Waals surface area contributed by atoms with Crippen molar-refractivity contribution in [1.82, 2.24) is 15.1 Å². The Kier molecular flexibility index (Phi) is 6.26. The van der Waals surface area contributed by atoms with Crippen molar-refractivity contribution in [2.24, 2.45) is 0 Å². The van der Waals surface area contributed by atoms with Gasteiger partial charge in [0.15, 0.2) is 0 Å². The predicted octanol–water partition coefficient (Wildman–Crippen LogP) is 2.05. The van der Waals surface area contributed by atoms with Gasteiger partial charge in [-0.2, -0.15) is 0 Å². The van der Waals surface area contributed by atoms with Crippen molar-refractivity contribution in [3.8, 4) is 0 Å². The highest BCUT2D eigenvalue weighted by molar-refractivity contribution is 5.99. The van der Waals surface area contributed by atoms with Crippen LogP contribution in [0, 0.1) is 0 Å². The molecule has 0 spiro atoms. The van der Waals surface area contributed by atoms with Crippen LogP contribution in [0.1, 0.15) is 59.2 Å². The van der Waals surface area contributed by atoms with Gasteiger partial charge in [0, 0.05) is 43.3 Å². The maximum Gasteiger partial charge on any atom is 0.253 e. The number of carbonyl (C=O) groups excluding carboxylic acids is 3. The van der Waals surface area contributed by atoms with Crippen LogP contribution >= 0.6 is 0 Å². The molecule has 3 amide bonds. The van der Waals surface area contributed by atoms with Gasteiger partial charge >= 0.3 is 0 Å². The molecule has 0 unspecified atom stereocenters. The van der Waals surface area contributed by atoms with E-state index in [0.29, 0.717) is 37.3 Å². The number of nitrogens with one attached hydrogen (secondary N) is 1. The average molecular weight is 357 g/mol. The van der Waals surface area contributed by atoms with E-state index in [0.717, 1.165) is 32.1 Å². The largest absolute Gasteiger partial charge is 0.349 e. The first-order valence-electron chi connectivity index (χ1n) is 9.57. The molecule has 1 saturated carbocycles. The van der Waals surface area contributed by atoms with Gasteiger partial charge < -0.3 is 15.1 Å². The molecule has 2 aliphatic rings. The second-order valence-corrected chi connectivity index (χ2v) is 7.18. The number of nitrogens with zero attached hydrogens (tertiary/aromatic N) is 2. The molecule has 2 fully saturated rings. The van der Waals surface area contributed by atoms with Crippen molar-refractivity contribution in [2.75, 3.05) is 26.2 Å². The summed E-state index contributed by atoms with van der Waals surface area (Å²) in [7, 11) is 0. The van der Waals surface area contributed by atoms with E-state index in [9.17, 15) is 14.4 Å². The van der Waals surface area contributed by atoms with Crippen LogP contribution in [0.2, 0.25) is 0 Å². The predicted molar refractivity (Wildman–Crippen MR) is 98.9 cm³/mol. The Hall–Kier alpha value is -2.37. The fraction of sp³-hybridized carbons (Fsp3) is 0.550. The maximum atomic E-state index is 12.7. The summed E-state index contributed by atoms with van der Waals surface area (Å²) in [6.07, 6.45) is 7.70. The van der Waals surface area contributed by atoms with Crippen LogP contribution in [0.4, 0.5) is 0 Å². The summed E-state index contributed by atoms with van der Waals surface area (Å²) >= 11 is 0. The van der Waals surface area contributed by atoms with E-state index in [2.05, 4.69) is 5.32 Å². The molecule has 1 aromatic carbocycles. The van der Waals surface area contributed by atoms with E-state index in [1.165, 1.54) is 12.8 Å². The van der Waals surface area contributed by atoms with Gasteiger partial charge in [0.05, 0.1) is 0 Å². The summed E-state index contributed by atoms with van der Waals surface area (Å²) in [4.78, 5) is 39.5. The zero-order valence-electron chi connectivity index (χ0n) is 15.2. The molecule has 1 aliphatic carbocycles. The summed E-state index contributed by atoms with van der Waals surface area (Å²) in [5.74, 6) is -0.183. The van der Waals surface area contributed by atoms with Gasteiger partial charge in [-0.25, -0.2) is 0 Å². The lowest BCUT2D eigenvalue weighted by Gasteiger charge is -2.32. The SMILES string of the molecule is O=CN1CCN(C(=O)c2cccc(C(=O)NC3CCCCCC3)c2)CC1. The summed E-state index contributed by atoms with van der Waals surface area (Å²) < 4.78 is 0. The molecule has 140 valence electrons. The number of hydrogen-bond acceptors (Lipinski definition) is 3. The fourth-order valence-electron chi connectivity index (χ4n) is 3.70. The molecule has 0 radical (unpaired) electrons. The van der Waals surface area contributed by atoms with Crippen LogP contribution in [0.15, 0.2) is 24.3 Å². The van der Waals surface area contributed by atoms with Crippen molar-refractivity contribution in [3.05, 3.63) is 35.4 Å². The summed E-state index contributed by atoms with van der Waals surface area (Å²) in [6, 6.07) is 7.18. The number of rotatable bonds is 4. The van der Waals surface area contributed by atoms with Crippen LogP contribution in [0.5, 0.6) is 0 Å². The van der Waals surface area contributed by atoms with Crippen LogP contribution in [0.3, 0.4) is 0 Å². The fourth-order valence-corrected chi connectivity index (χ4v) is 3.70. The average Bonchev–Trinajstić information content (AvgIpc) is 2.96. The van der Waals surface area contributed by atoms with Crippen LogP contribution in [-0.2, 0) is 4.79 Å². The first kappa shape index (κ1) is 18.4. The zero-order chi connectivity index (χ0) is 18.4. The minimum atomic E-state index is -0.0997. The van der Waals surface area contributed by atoms with E-state index < -0.39 is 0 Å². The minimum Gasteiger partial charge on any atom is -0.349 e. The molecule has 1 aliphatic heterocycles. The lowest BCUT2D eigenvalue weighted by molar-refractivity contribution is -0.119. The Bertz CT molecular complexity index is 645. The topological polar surface area (TPSA) is 69.7 Å². The highest BCUT2D eigenvalue weighted by Crippen LogP contribution is 2.18. The minimum absolute atomic E-state index is 0.0836. The molecule has 1 aromatic rings. The van der Waals surface area contributed by atoms with E-state index in [4.69, 9.17) is 0 Å². The summed E-state index contributed by atoms with van der Waals surface area (Å²) in [5, 5.41) is 3.12. The van der Waals surface area contributed by atoms with Gasteiger partial charge in [0.1, 0.15) is 0 Å². The van der Waals surface area contributed by atoms with Crippen LogP contribution < -0.4 is 5.32 Å². The lowest BCUT2D eigenvalue weighted by atomic mass is 10.1. The first-order chi connectivity index (χ1) is 12.7. The Morgan fingerprint density at radius 3 is 2.27 bits per heavy atom. The number of piperazine rings is 1. The van der Waals surface area contributed by atoms with Crippen molar-refractivity contribution >= 4 is 18.2 Å². The van der Waals surface area contributed by atoms with Gasteiger partial charge in [-0.3, -0.25) is 14.4 Å². The smallest absolute Gasteiger partial charge is 0.253 e. The van der Waals surface area contributed by atoms with E-state index in [1.54, 1.807) is 34.1 Å². The van der Waals surface area contributed by atoms with Crippen molar-refractivity contribution in [1.29, 1.82) is 0 Å².